The molecule has 2 aromatic rings. The molecule has 0 amide bonds. The molecule has 18 heavy (non-hydrogen) atoms. The Kier molecular flexibility index (Phi) is 3.73. The lowest BCUT2D eigenvalue weighted by molar-refractivity contribution is 0.634. The van der Waals surface area contributed by atoms with Gasteiger partial charge in [-0.15, -0.1) is 11.6 Å². The number of alkyl halides is 1. The molecule has 1 atom stereocenters. The summed E-state index contributed by atoms with van der Waals surface area (Å²) in [6.07, 6.45) is 2.60. The number of hydrogen-bond acceptors (Lipinski definition) is 2. The van der Waals surface area contributed by atoms with E-state index >= 15 is 0 Å². The first-order valence-corrected chi connectivity index (χ1v) is 8.07. The predicted octanol–water partition coefficient (Wildman–Crippen LogP) is 4.32. The molecule has 1 aromatic carbocycles. The third-order valence-corrected chi connectivity index (χ3v) is 5.26. The van der Waals surface area contributed by atoms with Crippen molar-refractivity contribution < 1.29 is 0 Å². The van der Waals surface area contributed by atoms with Crippen LogP contribution in [0.25, 0.3) is 11.0 Å². The van der Waals surface area contributed by atoms with Gasteiger partial charge in [0.15, 0.2) is 0 Å². The van der Waals surface area contributed by atoms with Gasteiger partial charge in [0.2, 0.25) is 0 Å². The monoisotopic (exact) mass is 300 g/mol. The van der Waals surface area contributed by atoms with Crippen molar-refractivity contribution in [3.8, 4) is 0 Å². The third-order valence-electron chi connectivity index (χ3n) is 3.34. The average molecular weight is 301 g/mol. The lowest BCUT2D eigenvalue weighted by atomic mass is 10.2. The van der Waals surface area contributed by atoms with Crippen molar-refractivity contribution >= 4 is 46.0 Å². The van der Waals surface area contributed by atoms with Crippen molar-refractivity contribution in [2.24, 2.45) is 0 Å². The molecule has 5 heteroatoms. The van der Waals surface area contributed by atoms with E-state index in [1.54, 1.807) is 0 Å². The molecule has 3 rings (SSSR count). The second-order valence-corrected chi connectivity index (χ2v) is 6.60. The van der Waals surface area contributed by atoms with Gasteiger partial charge in [0.25, 0.3) is 0 Å². The van der Waals surface area contributed by atoms with E-state index in [1.165, 1.54) is 18.6 Å². The molecule has 96 valence electrons. The standard InChI is InChI=1S/C13H14Cl2N2S/c14-7-12-16-13-10(15)4-1-5-11(13)17(12)8-9-3-2-6-18-9/h1,4-5,9H,2-3,6-8H2. The van der Waals surface area contributed by atoms with Crippen LogP contribution in [-0.4, -0.2) is 20.6 Å². The summed E-state index contributed by atoms with van der Waals surface area (Å²) in [6, 6.07) is 5.93. The zero-order valence-electron chi connectivity index (χ0n) is 9.90. The fourth-order valence-electron chi connectivity index (χ4n) is 2.46. The molecule has 1 aliphatic heterocycles. The molecule has 0 spiro atoms. The summed E-state index contributed by atoms with van der Waals surface area (Å²) in [6.45, 7) is 0.990. The van der Waals surface area contributed by atoms with Crippen molar-refractivity contribution in [2.75, 3.05) is 5.75 Å². The smallest absolute Gasteiger partial charge is 0.124 e. The van der Waals surface area contributed by atoms with Gasteiger partial charge < -0.3 is 4.57 Å². The topological polar surface area (TPSA) is 17.8 Å². The maximum Gasteiger partial charge on any atom is 0.124 e. The van der Waals surface area contributed by atoms with Crippen LogP contribution in [-0.2, 0) is 12.4 Å². The first-order valence-electron chi connectivity index (χ1n) is 6.11. The normalized spacial score (nSPS) is 19.8. The van der Waals surface area contributed by atoms with Gasteiger partial charge in [-0.2, -0.15) is 11.8 Å². The molecule has 0 saturated carbocycles. The lowest BCUT2D eigenvalue weighted by Gasteiger charge is -2.12. The predicted molar refractivity (Wildman–Crippen MR) is 79.8 cm³/mol. The van der Waals surface area contributed by atoms with Crippen LogP contribution in [0.5, 0.6) is 0 Å². The first kappa shape index (κ1) is 12.6. The highest BCUT2D eigenvalue weighted by Gasteiger charge is 2.19. The van der Waals surface area contributed by atoms with E-state index in [4.69, 9.17) is 23.2 Å². The lowest BCUT2D eigenvalue weighted by Crippen LogP contribution is -2.12. The van der Waals surface area contributed by atoms with Crippen molar-refractivity contribution in [2.45, 2.75) is 30.5 Å². The van der Waals surface area contributed by atoms with E-state index < -0.39 is 0 Å². The first-order chi connectivity index (χ1) is 8.79. The molecule has 1 unspecified atom stereocenters. The maximum absolute atomic E-state index is 6.19. The van der Waals surface area contributed by atoms with Crippen LogP contribution in [0, 0.1) is 0 Å². The van der Waals surface area contributed by atoms with Gasteiger partial charge in [0.1, 0.15) is 11.3 Å². The Balaban J connectivity index is 2.04. The van der Waals surface area contributed by atoms with Crippen LogP contribution in [0.4, 0.5) is 0 Å². The van der Waals surface area contributed by atoms with Crippen LogP contribution in [0.3, 0.4) is 0 Å². The van der Waals surface area contributed by atoms with E-state index in [2.05, 4.69) is 15.6 Å². The third kappa shape index (κ3) is 2.24. The van der Waals surface area contributed by atoms with Crippen molar-refractivity contribution in [1.29, 1.82) is 0 Å². The van der Waals surface area contributed by atoms with Gasteiger partial charge in [0, 0.05) is 11.8 Å². The van der Waals surface area contributed by atoms with Crippen LogP contribution in [0.2, 0.25) is 5.02 Å². The Morgan fingerprint density at radius 3 is 3.06 bits per heavy atom. The average Bonchev–Trinajstić information content (AvgIpc) is 2.99. The van der Waals surface area contributed by atoms with Crippen LogP contribution in [0.15, 0.2) is 18.2 Å². The van der Waals surface area contributed by atoms with Gasteiger partial charge in [-0.25, -0.2) is 4.98 Å². The molecular weight excluding hydrogens is 287 g/mol. The summed E-state index contributed by atoms with van der Waals surface area (Å²) in [7, 11) is 0. The molecule has 0 aliphatic carbocycles. The summed E-state index contributed by atoms with van der Waals surface area (Å²) in [4.78, 5) is 4.56. The fourth-order valence-corrected chi connectivity index (χ4v) is 4.13. The fraction of sp³-hybridized carbons (Fsp3) is 0.462. The summed E-state index contributed by atoms with van der Waals surface area (Å²) in [5.41, 5.74) is 1.98. The van der Waals surface area contributed by atoms with Gasteiger partial charge in [-0.3, -0.25) is 0 Å². The Morgan fingerprint density at radius 2 is 2.33 bits per heavy atom. The molecule has 1 fully saturated rings. The van der Waals surface area contributed by atoms with Gasteiger partial charge >= 0.3 is 0 Å². The Morgan fingerprint density at radius 1 is 1.44 bits per heavy atom. The van der Waals surface area contributed by atoms with Crippen LogP contribution < -0.4 is 0 Å². The largest absolute Gasteiger partial charge is 0.326 e. The van der Waals surface area contributed by atoms with Gasteiger partial charge in [0.05, 0.1) is 16.4 Å². The summed E-state index contributed by atoms with van der Waals surface area (Å²) < 4.78 is 2.23. The highest BCUT2D eigenvalue weighted by Crippen LogP contribution is 2.31. The Labute approximate surface area is 121 Å². The summed E-state index contributed by atoms with van der Waals surface area (Å²) >= 11 is 14.2. The van der Waals surface area contributed by atoms with Gasteiger partial charge in [-0.05, 0) is 30.7 Å². The number of hydrogen-bond donors (Lipinski definition) is 0. The van der Waals surface area contributed by atoms with Crippen molar-refractivity contribution in [3.63, 3.8) is 0 Å². The molecule has 0 bridgehead atoms. The number of aromatic nitrogens is 2. The number of fused-ring (bicyclic) bond motifs is 1. The van der Waals surface area contributed by atoms with E-state index in [9.17, 15) is 0 Å². The van der Waals surface area contributed by atoms with E-state index in [-0.39, 0.29) is 0 Å². The minimum atomic E-state index is 0.433. The second kappa shape index (κ2) is 5.32. The summed E-state index contributed by atoms with van der Waals surface area (Å²) in [5, 5.41) is 1.39. The summed E-state index contributed by atoms with van der Waals surface area (Å²) in [5.74, 6) is 2.63. The number of halogens is 2. The van der Waals surface area contributed by atoms with Gasteiger partial charge in [-0.1, -0.05) is 17.7 Å². The number of imidazole rings is 1. The Hall–Kier alpha value is -0.380. The zero-order valence-corrected chi connectivity index (χ0v) is 12.2. The minimum absolute atomic E-state index is 0.433. The van der Waals surface area contributed by atoms with Crippen LogP contribution in [0.1, 0.15) is 18.7 Å². The quantitative estimate of drug-likeness (QED) is 0.786. The number of nitrogens with zero attached hydrogens (tertiary/aromatic N) is 2. The SMILES string of the molecule is ClCc1nc2c(Cl)cccc2n1CC1CCCS1. The Bertz CT molecular complexity index is 561. The molecule has 1 saturated heterocycles. The maximum atomic E-state index is 6.19. The van der Waals surface area contributed by atoms with Crippen molar-refractivity contribution in [1.82, 2.24) is 9.55 Å². The number of rotatable bonds is 3. The number of benzene rings is 1. The molecule has 0 radical (unpaired) electrons. The molecule has 1 aliphatic rings. The highest BCUT2D eigenvalue weighted by molar-refractivity contribution is 8.00. The molecule has 0 N–H and O–H groups in total. The van der Waals surface area contributed by atoms with Crippen molar-refractivity contribution in [3.05, 3.63) is 29.0 Å². The molecular formula is C13H14Cl2N2S. The number of para-hydroxylation sites is 1. The minimum Gasteiger partial charge on any atom is -0.326 e. The van der Waals surface area contributed by atoms with E-state index in [1.807, 2.05) is 23.9 Å². The second-order valence-electron chi connectivity index (χ2n) is 4.51. The molecule has 2 heterocycles. The number of thioether (sulfide) groups is 1. The van der Waals surface area contributed by atoms with E-state index in [0.29, 0.717) is 16.2 Å². The molecule has 2 nitrogen and oxygen atoms in total. The zero-order chi connectivity index (χ0) is 12.5. The highest BCUT2D eigenvalue weighted by atomic mass is 35.5. The van der Waals surface area contributed by atoms with E-state index in [0.717, 1.165) is 23.4 Å². The van der Waals surface area contributed by atoms with Crippen LogP contribution >= 0.6 is 35.0 Å². The molecule has 1 aromatic heterocycles.